The highest BCUT2D eigenvalue weighted by Gasteiger charge is 2.34. The molecule has 1 aromatic rings. The van der Waals surface area contributed by atoms with Crippen LogP contribution in [0.4, 0.5) is 13.2 Å². The van der Waals surface area contributed by atoms with Crippen LogP contribution in [0.2, 0.25) is 0 Å². The van der Waals surface area contributed by atoms with Crippen molar-refractivity contribution in [1.82, 2.24) is 0 Å². The third-order valence-corrected chi connectivity index (χ3v) is 2.92. The van der Waals surface area contributed by atoms with Gasteiger partial charge in [0.05, 0.1) is 18.8 Å². The van der Waals surface area contributed by atoms with Crippen molar-refractivity contribution in [3.63, 3.8) is 0 Å². The fourth-order valence-electron chi connectivity index (χ4n) is 1.81. The summed E-state index contributed by atoms with van der Waals surface area (Å²) in [7, 11) is 0. The predicted molar refractivity (Wildman–Crippen MR) is 75.4 cm³/mol. The summed E-state index contributed by atoms with van der Waals surface area (Å²) in [5.41, 5.74) is 5.12. The number of hydrogen-bond acceptors (Lipinski definition) is 4. The van der Waals surface area contributed by atoms with Crippen LogP contribution in [0.25, 0.3) is 0 Å². The van der Waals surface area contributed by atoms with Gasteiger partial charge < -0.3 is 15.2 Å². The highest BCUT2D eigenvalue weighted by atomic mass is 19.4. The molecule has 1 atom stereocenters. The van der Waals surface area contributed by atoms with Gasteiger partial charge in [-0.3, -0.25) is 4.79 Å². The number of carbonyl (C=O) groups is 1. The molecule has 0 spiro atoms. The Bertz CT molecular complexity index is 501. The van der Waals surface area contributed by atoms with E-state index in [0.29, 0.717) is 5.56 Å². The van der Waals surface area contributed by atoms with Gasteiger partial charge in [0.2, 0.25) is 0 Å². The zero-order valence-electron chi connectivity index (χ0n) is 12.6. The Morgan fingerprint density at radius 3 is 2.59 bits per heavy atom. The molecule has 1 rings (SSSR count). The van der Waals surface area contributed by atoms with Crippen LogP contribution in [0.15, 0.2) is 18.2 Å². The lowest BCUT2D eigenvalue weighted by Gasteiger charge is -2.16. The molecule has 4 nitrogen and oxygen atoms in total. The zero-order valence-corrected chi connectivity index (χ0v) is 12.6. The normalized spacial score (nSPS) is 12.8. The topological polar surface area (TPSA) is 61.5 Å². The maximum absolute atomic E-state index is 13.0. The van der Waals surface area contributed by atoms with Crippen LogP contribution < -0.4 is 10.5 Å². The highest BCUT2D eigenvalue weighted by Crippen LogP contribution is 2.37. The molecule has 1 aromatic carbocycles. The average molecular weight is 319 g/mol. The van der Waals surface area contributed by atoms with Crippen LogP contribution in [0, 0.1) is 0 Å². The molecule has 2 N–H and O–H groups in total. The second-order valence-corrected chi connectivity index (χ2v) is 4.80. The minimum absolute atomic E-state index is 0.000576. The zero-order chi connectivity index (χ0) is 16.8. The van der Waals surface area contributed by atoms with E-state index in [2.05, 4.69) is 0 Å². The second-order valence-electron chi connectivity index (χ2n) is 4.80. The van der Waals surface area contributed by atoms with Crippen LogP contribution in [-0.2, 0) is 15.7 Å². The Balaban J connectivity index is 2.72. The SMILES string of the molecule is CCOC(=O)CCCOc1ccc(C(C)N)cc1C(F)(F)F. The molecule has 0 bridgehead atoms. The predicted octanol–water partition coefficient (Wildman–Crippen LogP) is 3.45. The van der Waals surface area contributed by atoms with Crippen LogP contribution >= 0.6 is 0 Å². The molecular weight excluding hydrogens is 299 g/mol. The summed E-state index contributed by atoms with van der Waals surface area (Å²) in [5, 5.41) is 0. The number of hydrogen-bond donors (Lipinski definition) is 1. The first-order chi connectivity index (χ1) is 10.3. The molecule has 0 amide bonds. The summed E-state index contributed by atoms with van der Waals surface area (Å²) in [6, 6.07) is 3.25. The summed E-state index contributed by atoms with van der Waals surface area (Å²) in [6.45, 7) is 3.56. The van der Waals surface area contributed by atoms with Gasteiger partial charge in [-0.15, -0.1) is 0 Å². The van der Waals surface area contributed by atoms with Gasteiger partial charge in [0.15, 0.2) is 0 Å². The Morgan fingerprint density at radius 2 is 2.05 bits per heavy atom. The van der Waals surface area contributed by atoms with Crippen molar-refractivity contribution in [3.05, 3.63) is 29.3 Å². The number of nitrogens with two attached hydrogens (primary N) is 1. The number of rotatable bonds is 7. The van der Waals surface area contributed by atoms with Crippen molar-refractivity contribution in [2.75, 3.05) is 13.2 Å². The maximum Gasteiger partial charge on any atom is 0.419 e. The molecule has 0 aliphatic carbocycles. The van der Waals surface area contributed by atoms with Gasteiger partial charge in [0, 0.05) is 12.5 Å². The van der Waals surface area contributed by atoms with E-state index in [1.54, 1.807) is 13.8 Å². The Morgan fingerprint density at radius 1 is 1.36 bits per heavy atom. The standard InChI is InChI=1S/C15H20F3NO3/c1-3-21-14(20)5-4-8-22-13-7-6-11(10(2)19)9-12(13)15(16,17)18/h6-7,9-10H,3-5,8,19H2,1-2H3. The Kier molecular flexibility index (Phi) is 6.67. The first-order valence-electron chi connectivity index (χ1n) is 7.00. The number of carbonyl (C=O) groups excluding carboxylic acids is 1. The first kappa shape index (κ1) is 18.3. The lowest BCUT2D eigenvalue weighted by molar-refractivity contribution is -0.143. The largest absolute Gasteiger partial charge is 0.493 e. The Hall–Kier alpha value is -1.76. The van der Waals surface area contributed by atoms with Crippen molar-refractivity contribution in [2.24, 2.45) is 5.73 Å². The van der Waals surface area contributed by atoms with E-state index in [9.17, 15) is 18.0 Å². The van der Waals surface area contributed by atoms with Crippen molar-refractivity contribution in [3.8, 4) is 5.75 Å². The molecular formula is C15H20F3NO3. The summed E-state index contributed by atoms with van der Waals surface area (Å²) in [6.07, 6.45) is -4.14. The van der Waals surface area contributed by atoms with Crippen LogP contribution in [0.5, 0.6) is 5.75 Å². The lowest BCUT2D eigenvalue weighted by atomic mass is 10.0. The minimum atomic E-state index is -4.53. The summed E-state index contributed by atoms with van der Waals surface area (Å²) in [4.78, 5) is 11.1. The summed E-state index contributed by atoms with van der Waals surface area (Å²) < 4.78 is 49.0. The highest BCUT2D eigenvalue weighted by molar-refractivity contribution is 5.69. The van der Waals surface area contributed by atoms with Crippen molar-refractivity contribution in [2.45, 2.75) is 38.9 Å². The average Bonchev–Trinajstić information content (AvgIpc) is 2.42. The molecule has 22 heavy (non-hydrogen) atoms. The summed E-state index contributed by atoms with van der Waals surface area (Å²) >= 11 is 0. The van der Waals surface area contributed by atoms with Gasteiger partial charge in [-0.05, 0) is 38.0 Å². The molecule has 0 aromatic heterocycles. The van der Waals surface area contributed by atoms with Gasteiger partial charge in [-0.1, -0.05) is 6.07 Å². The number of ether oxygens (including phenoxy) is 2. The molecule has 0 heterocycles. The number of halogens is 3. The third kappa shape index (κ3) is 5.55. The molecule has 0 radical (unpaired) electrons. The van der Waals surface area contributed by atoms with Crippen LogP contribution in [0.1, 0.15) is 43.9 Å². The third-order valence-electron chi connectivity index (χ3n) is 2.92. The number of esters is 1. The second kappa shape index (κ2) is 8.03. The van der Waals surface area contributed by atoms with Crippen LogP contribution in [-0.4, -0.2) is 19.2 Å². The van der Waals surface area contributed by atoms with Crippen LogP contribution in [0.3, 0.4) is 0 Å². The van der Waals surface area contributed by atoms with E-state index < -0.39 is 23.8 Å². The van der Waals surface area contributed by atoms with E-state index in [-0.39, 0.29) is 31.8 Å². The monoisotopic (exact) mass is 319 g/mol. The van der Waals surface area contributed by atoms with Gasteiger partial charge in [0.1, 0.15) is 5.75 Å². The molecule has 0 aliphatic heterocycles. The van der Waals surface area contributed by atoms with Gasteiger partial charge in [0.25, 0.3) is 0 Å². The number of alkyl halides is 3. The van der Waals surface area contributed by atoms with Crippen molar-refractivity contribution < 1.29 is 27.4 Å². The molecule has 1 unspecified atom stereocenters. The fourth-order valence-corrected chi connectivity index (χ4v) is 1.81. The molecule has 0 aliphatic rings. The van der Waals surface area contributed by atoms with Gasteiger partial charge in [-0.25, -0.2) is 0 Å². The molecule has 0 saturated carbocycles. The number of benzene rings is 1. The summed E-state index contributed by atoms with van der Waals surface area (Å²) in [5.74, 6) is -0.657. The fraction of sp³-hybridized carbons (Fsp3) is 0.533. The van der Waals surface area contributed by atoms with E-state index in [1.807, 2.05) is 0 Å². The Labute approximate surface area is 127 Å². The van der Waals surface area contributed by atoms with E-state index in [1.165, 1.54) is 12.1 Å². The molecule has 124 valence electrons. The quantitative estimate of drug-likeness (QED) is 0.618. The smallest absolute Gasteiger partial charge is 0.419 e. The maximum atomic E-state index is 13.0. The van der Waals surface area contributed by atoms with Gasteiger partial charge in [-0.2, -0.15) is 13.2 Å². The van der Waals surface area contributed by atoms with Crippen molar-refractivity contribution >= 4 is 5.97 Å². The molecule has 0 saturated heterocycles. The molecule has 7 heteroatoms. The van der Waals surface area contributed by atoms with Gasteiger partial charge >= 0.3 is 12.1 Å². The first-order valence-corrected chi connectivity index (χ1v) is 7.00. The van der Waals surface area contributed by atoms with E-state index >= 15 is 0 Å². The minimum Gasteiger partial charge on any atom is -0.493 e. The lowest BCUT2D eigenvalue weighted by Crippen LogP contribution is -2.13. The van der Waals surface area contributed by atoms with E-state index in [0.717, 1.165) is 6.07 Å². The van der Waals surface area contributed by atoms with E-state index in [4.69, 9.17) is 15.2 Å². The van der Waals surface area contributed by atoms with Crippen molar-refractivity contribution in [1.29, 1.82) is 0 Å². The molecule has 0 fully saturated rings.